The lowest BCUT2D eigenvalue weighted by molar-refractivity contribution is 0.375. The van der Waals surface area contributed by atoms with E-state index in [1.807, 2.05) is 20.3 Å². The molecule has 0 aliphatic heterocycles. The number of aromatic nitrogens is 4. The number of nitrogens with one attached hydrogen (secondary N) is 1. The lowest BCUT2D eigenvalue weighted by Gasteiger charge is -1.93. The number of aryl methyl sites for hydroxylation is 2. The molecule has 0 unspecified atom stereocenters. The van der Waals surface area contributed by atoms with Crippen LogP contribution in [0.1, 0.15) is 12.3 Å². The monoisotopic (exact) mass is 221 g/mol. The maximum atomic E-state index is 5.15. The highest BCUT2D eigenvalue weighted by molar-refractivity contribution is 5.50. The number of hydrogen-bond acceptors (Lipinski definition) is 5. The quantitative estimate of drug-likeness (QED) is 0.750. The zero-order valence-corrected chi connectivity index (χ0v) is 9.47. The third-order valence-electron chi connectivity index (χ3n) is 2.25. The lowest BCUT2D eigenvalue weighted by Crippen LogP contribution is -2.08. The molecule has 0 amide bonds. The van der Waals surface area contributed by atoms with Gasteiger partial charge in [0.15, 0.2) is 0 Å². The molecule has 1 N–H and O–H groups in total. The first-order chi connectivity index (χ1) is 7.79. The Morgan fingerprint density at radius 2 is 2.38 bits per heavy atom. The topological polar surface area (TPSA) is 68.8 Å². The summed E-state index contributed by atoms with van der Waals surface area (Å²) in [5, 5.41) is 11.1. The van der Waals surface area contributed by atoms with Gasteiger partial charge in [-0.05, 0) is 20.0 Å². The van der Waals surface area contributed by atoms with E-state index in [9.17, 15) is 0 Å². The minimum Gasteiger partial charge on any atom is -0.339 e. The molecule has 2 heterocycles. The van der Waals surface area contributed by atoms with Gasteiger partial charge in [-0.2, -0.15) is 10.1 Å². The van der Waals surface area contributed by atoms with Crippen molar-refractivity contribution in [2.75, 3.05) is 13.6 Å². The Morgan fingerprint density at radius 3 is 3.06 bits per heavy atom. The average molecular weight is 221 g/mol. The fourth-order valence-corrected chi connectivity index (χ4v) is 1.43. The fourth-order valence-electron chi connectivity index (χ4n) is 1.43. The molecule has 86 valence electrons. The van der Waals surface area contributed by atoms with Gasteiger partial charge in [0.1, 0.15) is 0 Å². The Labute approximate surface area is 93.7 Å². The minimum absolute atomic E-state index is 0.604. The van der Waals surface area contributed by atoms with Crippen LogP contribution in [0.3, 0.4) is 0 Å². The molecular formula is C10H15N5O. The SMILES string of the molecule is CNCCCc1nc(-c2cnn(C)c2)no1. The molecule has 0 bridgehead atoms. The van der Waals surface area contributed by atoms with E-state index in [0.717, 1.165) is 24.9 Å². The van der Waals surface area contributed by atoms with Crippen molar-refractivity contribution in [2.24, 2.45) is 7.05 Å². The highest BCUT2D eigenvalue weighted by atomic mass is 16.5. The lowest BCUT2D eigenvalue weighted by atomic mass is 10.3. The Kier molecular flexibility index (Phi) is 3.31. The largest absolute Gasteiger partial charge is 0.339 e. The summed E-state index contributed by atoms with van der Waals surface area (Å²) in [6.45, 7) is 0.949. The zero-order valence-electron chi connectivity index (χ0n) is 9.47. The molecule has 0 fully saturated rings. The number of hydrogen-bond donors (Lipinski definition) is 1. The molecule has 0 radical (unpaired) electrons. The van der Waals surface area contributed by atoms with Crippen LogP contribution in [0.25, 0.3) is 11.4 Å². The van der Waals surface area contributed by atoms with Crippen molar-refractivity contribution in [1.29, 1.82) is 0 Å². The van der Waals surface area contributed by atoms with Crippen molar-refractivity contribution in [3.63, 3.8) is 0 Å². The smallest absolute Gasteiger partial charge is 0.227 e. The van der Waals surface area contributed by atoms with E-state index >= 15 is 0 Å². The predicted octanol–water partition coefficient (Wildman–Crippen LogP) is 0.622. The summed E-state index contributed by atoms with van der Waals surface area (Å²) in [4.78, 5) is 4.31. The summed E-state index contributed by atoms with van der Waals surface area (Å²) in [6, 6.07) is 0. The van der Waals surface area contributed by atoms with Gasteiger partial charge < -0.3 is 9.84 Å². The summed E-state index contributed by atoms with van der Waals surface area (Å²) >= 11 is 0. The van der Waals surface area contributed by atoms with Crippen molar-refractivity contribution in [3.8, 4) is 11.4 Å². The number of rotatable bonds is 5. The van der Waals surface area contributed by atoms with Gasteiger partial charge in [0.25, 0.3) is 0 Å². The highest BCUT2D eigenvalue weighted by Gasteiger charge is 2.09. The van der Waals surface area contributed by atoms with Crippen LogP contribution in [0.15, 0.2) is 16.9 Å². The van der Waals surface area contributed by atoms with E-state index in [1.54, 1.807) is 10.9 Å². The summed E-state index contributed by atoms with van der Waals surface area (Å²) < 4.78 is 6.86. The third-order valence-corrected chi connectivity index (χ3v) is 2.25. The highest BCUT2D eigenvalue weighted by Crippen LogP contribution is 2.14. The van der Waals surface area contributed by atoms with Crippen LogP contribution in [0, 0.1) is 0 Å². The normalized spacial score (nSPS) is 10.9. The van der Waals surface area contributed by atoms with E-state index in [-0.39, 0.29) is 0 Å². The standard InChI is InChI=1S/C10H15N5O/c1-11-5-3-4-9-13-10(14-16-9)8-6-12-15(2)7-8/h6-7,11H,3-5H2,1-2H3. The maximum absolute atomic E-state index is 5.15. The van der Waals surface area contributed by atoms with Gasteiger partial charge >= 0.3 is 0 Å². The summed E-state index contributed by atoms with van der Waals surface area (Å²) in [5.74, 6) is 1.28. The van der Waals surface area contributed by atoms with Crippen LogP contribution >= 0.6 is 0 Å². The van der Waals surface area contributed by atoms with Gasteiger partial charge in [-0.1, -0.05) is 5.16 Å². The van der Waals surface area contributed by atoms with Crippen molar-refractivity contribution >= 4 is 0 Å². The molecule has 0 aliphatic rings. The van der Waals surface area contributed by atoms with E-state index in [1.165, 1.54) is 0 Å². The molecule has 2 aromatic rings. The molecule has 0 saturated carbocycles. The van der Waals surface area contributed by atoms with Gasteiger partial charge in [-0.3, -0.25) is 4.68 Å². The van der Waals surface area contributed by atoms with Crippen molar-refractivity contribution < 1.29 is 4.52 Å². The molecule has 0 aliphatic carbocycles. The van der Waals surface area contributed by atoms with E-state index in [0.29, 0.717) is 11.7 Å². The molecule has 0 atom stereocenters. The Morgan fingerprint density at radius 1 is 1.50 bits per heavy atom. The van der Waals surface area contributed by atoms with E-state index in [2.05, 4.69) is 20.6 Å². The van der Waals surface area contributed by atoms with E-state index < -0.39 is 0 Å². The minimum atomic E-state index is 0.604. The molecule has 16 heavy (non-hydrogen) atoms. The van der Waals surface area contributed by atoms with Crippen molar-refractivity contribution in [3.05, 3.63) is 18.3 Å². The molecule has 0 saturated heterocycles. The van der Waals surface area contributed by atoms with Crippen LogP contribution < -0.4 is 5.32 Å². The first kappa shape index (κ1) is 10.8. The molecular weight excluding hydrogens is 206 g/mol. The summed E-state index contributed by atoms with van der Waals surface area (Å²) in [6.07, 6.45) is 5.38. The second kappa shape index (κ2) is 4.89. The Bertz CT molecular complexity index is 448. The van der Waals surface area contributed by atoms with Crippen LogP contribution in [0.4, 0.5) is 0 Å². The molecule has 2 rings (SSSR count). The predicted molar refractivity (Wildman–Crippen MR) is 58.7 cm³/mol. The molecule has 6 heteroatoms. The first-order valence-corrected chi connectivity index (χ1v) is 5.26. The second-order valence-corrected chi connectivity index (χ2v) is 3.62. The summed E-state index contributed by atoms with van der Waals surface area (Å²) in [7, 11) is 3.78. The van der Waals surface area contributed by atoms with Crippen molar-refractivity contribution in [2.45, 2.75) is 12.8 Å². The van der Waals surface area contributed by atoms with Crippen molar-refractivity contribution in [1.82, 2.24) is 25.2 Å². The number of nitrogens with zero attached hydrogens (tertiary/aromatic N) is 4. The summed E-state index contributed by atoms with van der Waals surface area (Å²) in [5.41, 5.74) is 0.881. The van der Waals surface area contributed by atoms with Crippen LogP contribution in [-0.2, 0) is 13.5 Å². The first-order valence-electron chi connectivity index (χ1n) is 5.26. The molecule has 0 aromatic carbocycles. The van der Waals surface area contributed by atoms with Gasteiger partial charge in [0.05, 0.1) is 11.8 Å². The van der Waals surface area contributed by atoms with Gasteiger partial charge in [0.2, 0.25) is 11.7 Å². The third kappa shape index (κ3) is 2.46. The van der Waals surface area contributed by atoms with Crippen LogP contribution in [0.2, 0.25) is 0 Å². The zero-order chi connectivity index (χ0) is 11.4. The van der Waals surface area contributed by atoms with Crippen LogP contribution in [0.5, 0.6) is 0 Å². The Hall–Kier alpha value is -1.69. The fraction of sp³-hybridized carbons (Fsp3) is 0.500. The van der Waals surface area contributed by atoms with Gasteiger partial charge in [-0.25, -0.2) is 0 Å². The Balaban J connectivity index is 2.02. The van der Waals surface area contributed by atoms with Gasteiger partial charge in [-0.15, -0.1) is 0 Å². The molecule has 0 spiro atoms. The maximum Gasteiger partial charge on any atom is 0.227 e. The molecule has 2 aromatic heterocycles. The van der Waals surface area contributed by atoms with Gasteiger partial charge in [0, 0.05) is 19.7 Å². The van der Waals surface area contributed by atoms with Crippen LogP contribution in [-0.4, -0.2) is 33.5 Å². The van der Waals surface area contributed by atoms with E-state index in [4.69, 9.17) is 4.52 Å². The molecule has 6 nitrogen and oxygen atoms in total. The second-order valence-electron chi connectivity index (χ2n) is 3.62. The average Bonchev–Trinajstić information content (AvgIpc) is 2.87.